The van der Waals surface area contributed by atoms with Gasteiger partial charge in [0.25, 0.3) is 0 Å². The predicted octanol–water partition coefficient (Wildman–Crippen LogP) is 2.62. The van der Waals surface area contributed by atoms with Crippen LogP contribution in [0.15, 0.2) is 21.3 Å². The third-order valence-electron chi connectivity index (χ3n) is 8.55. The van der Waals surface area contributed by atoms with Crippen LogP contribution in [0.25, 0.3) is 11.1 Å². The van der Waals surface area contributed by atoms with Crippen LogP contribution in [0.2, 0.25) is 0 Å². The SMILES string of the molecule is Cc1cc(C[C@@H](C)C(=O)N2CCC(N3CCC[C@@H]3C(=O)OCCCN3CCCC3=O)CC2)cc2oc(=O)[nH]c12. The summed E-state index contributed by atoms with van der Waals surface area (Å²) in [5.41, 5.74) is 3.13. The standard InChI is InChI=1S/C29H40N4O6/c1-19-16-21(18-24-26(19)30-29(37)39-24)17-20(2)27(35)32-13-8-22(9-14-32)33-12-3-6-23(33)28(36)38-15-5-11-31-10-4-7-25(31)34/h16,18,20,22-23H,3-15,17H2,1-2H3,(H,30,37)/t20-,23-/m1/s1. The van der Waals surface area contributed by atoms with Crippen LogP contribution in [0.1, 0.15) is 63.0 Å². The highest BCUT2D eigenvalue weighted by Gasteiger charge is 2.38. The highest BCUT2D eigenvalue weighted by Crippen LogP contribution is 2.28. The number of amides is 2. The summed E-state index contributed by atoms with van der Waals surface area (Å²) in [6, 6.07) is 3.90. The second-order valence-electron chi connectivity index (χ2n) is 11.4. The summed E-state index contributed by atoms with van der Waals surface area (Å²) in [5.74, 6) is -0.477. The summed E-state index contributed by atoms with van der Waals surface area (Å²) >= 11 is 0. The molecule has 3 aliphatic heterocycles. The molecular formula is C29H40N4O6. The number of rotatable bonds is 9. The van der Waals surface area contributed by atoms with Crippen molar-refractivity contribution in [2.24, 2.45) is 5.92 Å². The average Bonchev–Trinajstić information content (AvgIpc) is 3.66. The van der Waals surface area contributed by atoms with Crippen LogP contribution < -0.4 is 5.76 Å². The maximum absolute atomic E-state index is 13.3. The van der Waals surface area contributed by atoms with E-state index in [2.05, 4.69) is 9.88 Å². The number of nitrogens with zero attached hydrogens (tertiary/aromatic N) is 3. The van der Waals surface area contributed by atoms with Gasteiger partial charge < -0.3 is 19.0 Å². The Bertz CT molecular complexity index is 1260. The number of hydrogen-bond acceptors (Lipinski definition) is 7. The summed E-state index contributed by atoms with van der Waals surface area (Å²) in [5, 5.41) is 0. The highest BCUT2D eigenvalue weighted by molar-refractivity contribution is 5.80. The zero-order valence-corrected chi connectivity index (χ0v) is 23.1. The van der Waals surface area contributed by atoms with Crippen LogP contribution in [-0.2, 0) is 25.5 Å². The van der Waals surface area contributed by atoms with Crippen molar-refractivity contribution in [1.29, 1.82) is 0 Å². The van der Waals surface area contributed by atoms with Crippen molar-refractivity contribution < 1.29 is 23.5 Å². The minimum atomic E-state index is -0.471. The number of aromatic nitrogens is 1. The maximum Gasteiger partial charge on any atom is 0.417 e. The Kier molecular flexibility index (Phi) is 8.40. The number of ether oxygens (including phenoxy) is 1. The number of aryl methyl sites for hydroxylation is 1. The molecule has 0 radical (unpaired) electrons. The lowest BCUT2D eigenvalue weighted by Gasteiger charge is -2.39. The number of aromatic amines is 1. The van der Waals surface area contributed by atoms with Gasteiger partial charge in [-0.1, -0.05) is 13.0 Å². The molecule has 2 atom stereocenters. The van der Waals surface area contributed by atoms with Crippen LogP contribution in [0, 0.1) is 12.8 Å². The molecule has 10 heteroatoms. The van der Waals surface area contributed by atoms with Crippen LogP contribution in [-0.4, -0.2) is 88.9 Å². The molecule has 0 saturated carbocycles. The second kappa shape index (κ2) is 11.9. The fourth-order valence-electron chi connectivity index (χ4n) is 6.53. The number of carbonyl (C=O) groups excluding carboxylic acids is 3. The summed E-state index contributed by atoms with van der Waals surface area (Å²) < 4.78 is 10.8. The van der Waals surface area contributed by atoms with Crippen LogP contribution >= 0.6 is 0 Å². The molecule has 0 spiro atoms. The molecule has 10 nitrogen and oxygen atoms in total. The van der Waals surface area contributed by atoms with Crippen LogP contribution in [0.4, 0.5) is 0 Å². The molecular weight excluding hydrogens is 500 g/mol. The molecule has 4 heterocycles. The van der Waals surface area contributed by atoms with Gasteiger partial charge in [0, 0.05) is 44.6 Å². The summed E-state index contributed by atoms with van der Waals surface area (Å²) in [6.45, 7) is 7.93. The van der Waals surface area contributed by atoms with Crippen molar-refractivity contribution >= 4 is 28.9 Å². The van der Waals surface area contributed by atoms with Gasteiger partial charge in [0.1, 0.15) is 6.04 Å². The van der Waals surface area contributed by atoms with Crippen LogP contribution in [0.3, 0.4) is 0 Å². The average molecular weight is 541 g/mol. The number of likely N-dealkylation sites (tertiary alicyclic amines) is 3. The Morgan fingerprint density at radius 2 is 1.90 bits per heavy atom. The number of carbonyl (C=O) groups is 3. The highest BCUT2D eigenvalue weighted by atomic mass is 16.5. The summed E-state index contributed by atoms with van der Waals surface area (Å²) in [6.07, 6.45) is 6.28. The zero-order chi connectivity index (χ0) is 27.5. The van der Waals surface area contributed by atoms with Crippen molar-refractivity contribution in [1.82, 2.24) is 19.7 Å². The number of benzene rings is 1. The number of H-pyrrole nitrogens is 1. The van der Waals surface area contributed by atoms with Gasteiger partial charge >= 0.3 is 11.7 Å². The lowest BCUT2D eigenvalue weighted by molar-refractivity contribution is -0.151. The van der Waals surface area contributed by atoms with Gasteiger partial charge in [0.2, 0.25) is 11.8 Å². The van der Waals surface area contributed by atoms with E-state index in [1.165, 1.54) is 0 Å². The molecule has 1 aromatic heterocycles. The van der Waals surface area contributed by atoms with Gasteiger partial charge in [-0.25, -0.2) is 4.79 Å². The lowest BCUT2D eigenvalue weighted by atomic mass is 9.96. The van der Waals surface area contributed by atoms with Crippen molar-refractivity contribution in [2.75, 3.05) is 39.3 Å². The second-order valence-corrected chi connectivity index (χ2v) is 11.4. The quantitative estimate of drug-likeness (QED) is 0.384. The van der Waals surface area contributed by atoms with E-state index in [-0.39, 0.29) is 35.8 Å². The molecule has 1 N–H and O–H groups in total. The van der Waals surface area contributed by atoms with E-state index in [1.54, 1.807) is 0 Å². The lowest BCUT2D eigenvalue weighted by Crippen LogP contribution is -2.51. The first-order chi connectivity index (χ1) is 18.8. The normalized spacial score (nSPS) is 21.7. The van der Waals surface area contributed by atoms with Gasteiger partial charge in [-0.15, -0.1) is 0 Å². The molecule has 5 rings (SSSR count). The molecule has 3 aliphatic rings. The summed E-state index contributed by atoms with van der Waals surface area (Å²) in [7, 11) is 0. The maximum atomic E-state index is 13.3. The van der Waals surface area contributed by atoms with Gasteiger partial charge in [0.15, 0.2) is 5.58 Å². The van der Waals surface area contributed by atoms with E-state index in [0.29, 0.717) is 56.6 Å². The molecule has 1 aromatic carbocycles. The Balaban J connectivity index is 1.08. The monoisotopic (exact) mass is 540 g/mol. The number of esters is 1. The molecule has 3 fully saturated rings. The molecule has 2 aromatic rings. The largest absolute Gasteiger partial charge is 0.464 e. The Labute approximate surface area is 228 Å². The van der Waals surface area contributed by atoms with Gasteiger partial charge in [-0.3, -0.25) is 24.3 Å². The van der Waals surface area contributed by atoms with E-state index >= 15 is 0 Å². The molecule has 2 amide bonds. The minimum Gasteiger partial charge on any atom is -0.464 e. The van der Waals surface area contributed by atoms with E-state index < -0.39 is 5.76 Å². The topological polar surface area (TPSA) is 116 Å². The zero-order valence-electron chi connectivity index (χ0n) is 23.1. The van der Waals surface area contributed by atoms with Crippen molar-refractivity contribution in [3.8, 4) is 0 Å². The van der Waals surface area contributed by atoms with Gasteiger partial charge in [-0.2, -0.15) is 0 Å². The van der Waals surface area contributed by atoms with E-state index in [0.717, 1.165) is 56.3 Å². The van der Waals surface area contributed by atoms with Crippen molar-refractivity contribution in [3.05, 3.63) is 33.8 Å². The molecule has 0 aliphatic carbocycles. The van der Waals surface area contributed by atoms with Crippen LogP contribution in [0.5, 0.6) is 0 Å². The number of nitrogens with one attached hydrogen (secondary N) is 1. The van der Waals surface area contributed by atoms with Crippen molar-refractivity contribution in [3.63, 3.8) is 0 Å². The first-order valence-electron chi connectivity index (χ1n) is 14.4. The molecule has 3 saturated heterocycles. The van der Waals surface area contributed by atoms with Crippen molar-refractivity contribution in [2.45, 2.75) is 77.3 Å². The molecule has 39 heavy (non-hydrogen) atoms. The Morgan fingerprint density at radius 3 is 2.64 bits per heavy atom. The third-order valence-corrected chi connectivity index (χ3v) is 8.55. The number of hydrogen-bond donors (Lipinski definition) is 1. The predicted molar refractivity (Wildman–Crippen MR) is 145 cm³/mol. The number of piperidine rings is 1. The Hall–Kier alpha value is -3.14. The summed E-state index contributed by atoms with van der Waals surface area (Å²) in [4.78, 5) is 58.2. The van der Waals surface area contributed by atoms with E-state index in [9.17, 15) is 19.2 Å². The fourth-order valence-corrected chi connectivity index (χ4v) is 6.53. The minimum absolute atomic E-state index is 0.135. The first-order valence-corrected chi connectivity index (χ1v) is 14.4. The first kappa shape index (κ1) is 27.4. The Morgan fingerprint density at radius 1 is 1.10 bits per heavy atom. The molecule has 212 valence electrons. The fraction of sp³-hybridized carbons (Fsp3) is 0.655. The molecule has 0 bridgehead atoms. The third kappa shape index (κ3) is 6.21. The number of fused-ring (bicyclic) bond motifs is 1. The molecule has 0 unspecified atom stereocenters. The van der Waals surface area contributed by atoms with Gasteiger partial charge in [0.05, 0.1) is 12.1 Å². The smallest absolute Gasteiger partial charge is 0.417 e. The van der Waals surface area contributed by atoms with Gasteiger partial charge in [-0.05, 0) is 75.6 Å². The van der Waals surface area contributed by atoms with E-state index in [1.807, 2.05) is 35.8 Å². The number of oxazole rings is 1. The van der Waals surface area contributed by atoms with E-state index in [4.69, 9.17) is 9.15 Å².